The van der Waals surface area contributed by atoms with Crippen molar-refractivity contribution in [1.29, 1.82) is 0 Å². The maximum absolute atomic E-state index is 12.9. The van der Waals surface area contributed by atoms with E-state index in [1.165, 1.54) is 5.56 Å². The van der Waals surface area contributed by atoms with Crippen LogP contribution in [0.25, 0.3) is 5.69 Å². The van der Waals surface area contributed by atoms with Gasteiger partial charge in [-0.25, -0.2) is 4.68 Å². The van der Waals surface area contributed by atoms with Crippen LogP contribution in [0.15, 0.2) is 30.5 Å². The number of carbonyl (C=O) groups excluding carboxylic acids is 1. The molecule has 1 aromatic carbocycles. The molecule has 1 aliphatic heterocycles. The van der Waals surface area contributed by atoms with E-state index in [9.17, 15) is 4.79 Å². The maximum atomic E-state index is 12.9. The van der Waals surface area contributed by atoms with Crippen molar-refractivity contribution in [3.63, 3.8) is 0 Å². The van der Waals surface area contributed by atoms with Gasteiger partial charge in [0.25, 0.3) is 5.91 Å². The molecule has 23 heavy (non-hydrogen) atoms. The quantitative estimate of drug-likeness (QED) is 0.872. The molecule has 5 heteroatoms. The molecule has 0 unspecified atom stereocenters. The van der Waals surface area contributed by atoms with Crippen molar-refractivity contribution in [3.05, 3.63) is 47.3 Å². The van der Waals surface area contributed by atoms with Crippen molar-refractivity contribution in [3.8, 4) is 5.69 Å². The molecule has 0 saturated carbocycles. The zero-order valence-electron chi connectivity index (χ0n) is 14.1. The van der Waals surface area contributed by atoms with E-state index in [1.807, 2.05) is 21.7 Å². The molecule has 1 aliphatic rings. The Balaban J connectivity index is 1.90. The predicted molar refractivity (Wildman–Crippen MR) is 91.1 cm³/mol. The van der Waals surface area contributed by atoms with Crippen molar-refractivity contribution in [2.45, 2.75) is 20.3 Å². The summed E-state index contributed by atoms with van der Waals surface area (Å²) >= 11 is 0. The number of aromatic nitrogens is 2. The van der Waals surface area contributed by atoms with Crippen LogP contribution >= 0.6 is 0 Å². The van der Waals surface area contributed by atoms with Crippen LogP contribution in [0.4, 0.5) is 0 Å². The van der Waals surface area contributed by atoms with Gasteiger partial charge < -0.3 is 9.80 Å². The molecule has 0 spiro atoms. The van der Waals surface area contributed by atoms with Gasteiger partial charge in [-0.15, -0.1) is 0 Å². The summed E-state index contributed by atoms with van der Waals surface area (Å²) in [4.78, 5) is 17.0. The fourth-order valence-corrected chi connectivity index (χ4v) is 3.05. The summed E-state index contributed by atoms with van der Waals surface area (Å²) in [6, 6.07) is 8.21. The first kappa shape index (κ1) is 15.7. The lowest BCUT2D eigenvalue weighted by molar-refractivity contribution is 0.0663. The lowest BCUT2D eigenvalue weighted by atomic mass is 10.1. The van der Waals surface area contributed by atoms with Gasteiger partial charge in [0.05, 0.1) is 23.1 Å². The first-order valence-electron chi connectivity index (χ1n) is 8.22. The van der Waals surface area contributed by atoms with Gasteiger partial charge >= 0.3 is 0 Å². The second kappa shape index (κ2) is 6.54. The number of carbonyl (C=O) groups is 1. The highest BCUT2D eigenvalue weighted by molar-refractivity contribution is 5.95. The Kier molecular flexibility index (Phi) is 4.48. The van der Waals surface area contributed by atoms with Crippen molar-refractivity contribution in [2.75, 3.05) is 33.2 Å². The molecule has 0 bridgehead atoms. The molecule has 122 valence electrons. The second-order valence-corrected chi connectivity index (χ2v) is 6.20. The molecular weight excluding hydrogens is 288 g/mol. The largest absolute Gasteiger partial charge is 0.336 e. The molecule has 2 aromatic rings. The molecule has 1 amide bonds. The number of aryl methyl sites for hydroxylation is 1. The van der Waals surface area contributed by atoms with E-state index in [4.69, 9.17) is 0 Å². The normalized spacial score (nSPS) is 15.9. The summed E-state index contributed by atoms with van der Waals surface area (Å²) in [6.07, 6.45) is 2.50. The lowest BCUT2D eigenvalue weighted by Gasteiger charge is -2.32. The topological polar surface area (TPSA) is 41.4 Å². The average Bonchev–Trinajstić information content (AvgIpc) is 2.98. The minimum Gasteiger partial charge on any atom is -0.336 e. The van der Waals surface area contributed by atoms with E-state index in [1.54, 1.807) is 6.20 Å². The third-order valence-electron chi connectivity index (χ3n) is 4.47. The van der Waals surface area contributed by atoms with Gasteiger partial charge in [0.15, 0.2) is 0 Å². The molecule has 0 aliphatic carbocycles. The van der Waals surface area contributed by atoms with E-state index >= 15 is 0 Å². The van der Waals surface area contributed by atoms with Gasteiger partial charge in [-0.1, -0.05) is 19.1 Å². The summed E-state index contributed by atoms with van der Waals surface area (Å²) in [5, 5.41) is 4.49. The Labute approximate surface area is 137 Å². The highest BCUT2D eigenvalue weighted by atomic mass is 16.2. The Morgan fingerprint density at radius 1 is 1.22 bits per heavy atom. The molecule has 0 radical (unpaired) electrons. The monoisotopic (exact) mass is 312 g/mol. The van der Waals surface area contributed by atoms with E-state index in [-0.39, 0.29) is 5.91 Å². The molecule has 1 aromatic heterocycles. The molecule has 3 rings (SSSR count). The van der Waals surface area contributed by atoms with Crippen molar-refractivity contribution in [1.82, 2.24) is 19.6 Å². The lowest BCUT2D eigenvalue weighted by Crippen LogP contribution is -2.47. The standard InChI is InChI=1S/C18H24N4O/c1-4-17-16(18(23)21-10-8-20(3)9-11-21)13-19-22(17)15-7-5-6-14(2)12-15/h5-7,12-13H,4,8-11H2,1-3H3. The minimum atomic E-state index is 0.105. The van der Waals surface area contributed by atoms with Crippen LogP contribution in [0, 0.1) is 6.92 Å². The highest BCUT2D eigenvalue weighted by Gasteiger charge is 2.24. The first-order chi connectivity index (χ1) is 11.1. The van der Waals surface area contributed by atoms with E-state index in [0.29, 0.717) is 0 Å². The number of rotatable bonds is 3. The number of hydrogen-bond donors (Lipinski definition) is 0. The van der Waals surface area contributed by atoms with Crippen molar-refractivity contribution < 1.29 is 4.79 Å². The molecule has 1 saturated heterocycles. The van der Waals surface area contributed by atoms with Gasteiger partial charge in [0, 0.05) is 26.2 Å². The molecule has 2 heterocycles. The van der Waals surface area contributed by atoms with Crippen LogP contribution in [0.1, 0.15) is 28.5 Å². The van der Waals surface area contributed by atoms with Crippen molar-refractivity contribution >= 4 is 5.91 Å². The minimum absolute atomic E-state index is 0.105. The summed E-state index contributed by atoms with van der Waals surface area (Å²) in [6.45, 7) is 7.57. The fourth-order valence-electron chi connectivity index (χ4n) is 3.05. The van der Waals surface area contributed by atoms with Gasteiger partial charge in [0.1, 0.15) is 0 Å². The predicted octanol–water partition coefficient (Wildman–Crippen LogP) is 2.13. The Morgan fingerprint density at radius 2 is 1.96 bits per heavy atom. The third kappa shape index (κ3) is 3.15. The number of nitrogens with zero attached hydrogens (tertiary/aromatic N) is 4. The van der Waals surface area contributed by atoms with Crippen molar-refractivity contribution in [2.24, 2.45) is 0 Å². The van der Waals surface area contributed by atoms with Crippen LogP contribution in [-0.4, -0.2) is 58.7 Å². The maximum Gasteiger partial charge on any atom is 0.257 e. The SMILES string of the molecule is CCc1c(C(=O)N2CCN(C)CC2)cnn1-c1cccc(C)c1. The Hall–Kier alpha value is -2.14. The highest BCUT2D eigenvalue weighted by Crippen LogP contribution is 2.19. The summed E-state index contributed by atoms with van der Waals surface area (Å²) in [5.74, 6) is 0.105. The van der Waals surface area contributed by atoms with E-state index < -0.39 is 0 Å². The number of amides is 1. The van der Waals surface area contributed by atoms with Crippen LogP contribution in [0.2, 0.25) is 0 Å². The summed E-state index contributed by atoms with van der Waals surface area (Å²) in [5.41, 5.74) is 3.92. The van der Waals surface area contributed by atoms with E-state index in [0.717, 1.165) is 49.5 Å². The average molecular weight is 312 g/mol. The fraction of sp³-hybridized carbons (Fsp3) is 0.444. The Bertz CT molecular complexity index is 699. The molecular formula is C18H24N4O. The second-order valence-electron chi connectivity index (χ2n) is 6.20. The van der Waals surface area contributed by atoms with Crippen LogP contribution < -0.4 is 0 Å². The molecule has 0 N–H and O–H groups in total. The molecule has 1 fully saturated rings. The molecule has 0 atom stereocenters. The number of hydrogen-bond acceptors (Lipinski definition) is 3. The van der Waals surface area contributed by atoms with Gasteiger partial charge in [-0.2, -0.15) is 5.10 Å². The summed E-state index contributed by atoms with van der Waals surface area (Å²) < 4.78 is 1.90. The molecule has 5 nitrogen and oxygen atoms in total. The van der Waals surface area contributed by atoms with Crippen LogP contribution in [0.3, 0.4) is 0 Å². The van der Waals surface area contributed by atoms with E-state index in [2.05, 4.69) is 43.0 Å². The number of likely N-dealkylation sites (N-methyl/N-ethyl adjacent to an activating group) is 1. The Morgan fingerprint density at radius 3 is 2.61 bits per heavy atom. The zero-order chi connectivity index (χ0) is 16.4. The number of piperazine rings is 1. The zero-order valence-corrected chi connectivity index (χ0v) is 14.1. The smallest absolute Gasteiger partial charge is 0.257 e. The third-order valence-corrected chi connectivity index (χ3v) is 4.47. The van der Waals surface area contributed by atoms with Crippen LogP contribution in [-0.2, 0) is 6.42 Å². The van der Waals surface area contributed by atoms with Gasteiger partial charge in [0.2, 0.25) is 0 Å². The summed E-state index contributed by atoms with van der Waals surface area (Å²) in [7, 11) is 2.09. The van der Waals surface area contributed by atoms with Gasteiger partial charge in [-0.3, -0.25) is 4.79 Å². The first-order valence-corrected chi connectivity index (χ1v) is 8.22. The number of benzene rings is 1. The van der Waals surface area contributed by atoms with Gasteiger partial charge in [-0.05, 0) is 38.1 Å². The van der Waals surface area contributed by atoms with Crippen LogP contribution in [0.5, 0.6) is 0 Å².